The van der Waals surface area contributed by atoms with E-state index in [-0.39, 0.29) is 29.5 Å². The van der Waals surface area contributed by atoms with E-state index in [0.717, 1.165) is 42.7 Å². The molecule has 1 saturated carbocycles. The van der Waals surface area contributed by atoms with Crippen LogP contribution in [0.25, 0.3) is 0 Å². The second-order valence-electron chi connectivity index (χ2n) is 7.73. The molecular formula is C19H28ClN2O3S+. The highest BCUT2D eigenvalue weighted by atomic mass is 35.5. The van der Waals surface area contributed by atoms with Crippen molar-refractivity contribution in [3.8, 4) is 0 Å². The molecule has 5 nitrogen and oxygen atoms in total. The summed E-state index contributed by atoms with van der Waals surface area (Å²) in [7, 11) is -0.993. The molecule has 1 unspecified atom stereocenters. The predicted octanol–water partition coefficient (Wildman–Crippen LogP) is 1.31. The molecule has 1 aliphatic heterocycles. The molecule has 2 aliphatic rings. The van der Waals surface area contributed by atoms with Gasteiger partial charge in [0.1, 0.15) is 6.54 Å². The zero-order valence-corrected chi connectivity index (χ0v) is 16.9. The Bertz CT molecular complexity index is 730. The van der Waals surface area contributed by atoms with Gasteiger partial charge in [-0.25, -0.2) is 8.42 Å². The lowest BCUT2D eigenvalue weighted by molar-refractivity contribution is -0.885. The first kappa shape index (κ1) is 19.6. The van der Waals surface area contributed by atoms with E-state index in [2.05, 4.69) is 0 Å². The van der Waals surface area contributed by atoms with Crippen molar-refractivity contribution in [2.24, 2.45) is 0 Å². The van der Waals surface area contributed by atoms with Gasteiger partial charge in [0.2, 0.25) is 0 Å². The number of benzene rings is 1. The molecule has 26 heavy (non-hydrogen) atoms. The number of quaternary nitrogens is 1. The molecule has 1 saturated heterocycles. The molecule has 144 valence electrons. The highest BCUT2D eigenvalue weighted by Gasteiger charge is 2.39. The average molecular weight is 400 g/mol. The molecule has 1 aromatic carbocycles. The maximum Gasteiger partial charge on any atom is 0.278 e. The number of nitrogens with zero attached hydrogens (tertiary/aromatic N) is 1. The standard InChI is InChI=1S/C19H27ClN2O3S/c1-21(12-15-6-8-16(20)9-7-15)13-19(23)22(17-4-2-3-5-17)18-10-11-26(24,25)14-18/h6-9,17-18H,2-5,10-14H2,1H3/p+1/t18-/m0/s1. The number of hydrogen-bond donors (Lipinski definition) is 1. The van der Waals surface area contributed by atoms with Crippen LogP contribution in [-0.4, -0.2) is 56.4 Å². The van der Waals surface area contributed by atoms with Crippen molar-refractivity contribution < 1.29 is 18.1 Å². The summed E-state index contributed by atoms with van der Waals surface area (Å²) in [5.41, 5.74) is 1.13. The van der Waals surface area contributed by atoms with Crippen LogP contribution in [0.2, 0.25) is 5.02 Å². The predicted molar refractivity (Wildman–Crippen MR) is 103 cm³/mol. The number of hydrogen-bond acceptors (Lipinski definition) is 3. The molecule has 1 aliphatic carbocycles. The van der Waals surface area contributed by atoms with Crippen LogP contribution >= 0.6 is 11.6 Å². The third-order valence-corrected chi connectivity index (χ3v) is 7.48. The Balaban J connectivity index is 1.65. The number of sulfone groups is 1. The average Bonchev–Trinajstić information content (AvgIpc) is 3.20. The van der Waals surface area contributed by atoms with Gasteiger partial charge in [-0.15, -0.1) is 0 Å². The van der Waals surface area contributed by atoms with Gasteiger partial charge in [0.05, 0.1) is 18.6 Å². The van der Waals surface area contributed by atoms with E-state index in [1.165, 1.54) is 0 Å². The minimum atomic E-state index is -3.00. The third kappa shape index (κ3) is 4.99. The van der Waals surface area contributed by atoms with Gasteiger partial charge in [0.15, 0.2) is 16.4 Å². The van der Waals surface area contributed by atoms with E-state index in [1.54, 1.807) is 0 Å². The van der Waals surface area contributed by atoms with E-state index in [9.17, 15) is 13.2 Å². The lowest BCUT2D eigenvalue weighted by Crippen LogP contribution is -3.09. The number of carbonyl (C=O) groups is 1. The van der Waals surface area contributed by atoms with Gasteiger partial charge in [-0.1, -0.05) is 36.6 Å². The first-order valence-corrected chi connectivity index (χ1v) is 11.6. The van der Waals surface area contributed by atoms with Gasteiger partial charge in [0, 0.05) is 22.7 Å². The van der Waals surface area contributed by atoms with Crippen molar-refractivity contribution in [1.29, 1.82) is 0 Å². The smallest absolute Gasteiger partial charge is 0.278 e. The zero-order chi connectivity index (χ0) is 18.7. The van der Waals surface area contributed by atoms with Gasteiger partial charge in [-0.2, -0.15) is 0 Å². The fraction of sp³-hybridized carbons (Fsp3) is 0.632. The molecular weight excluding hydrogens is 372 g/mol. The Morgan fingerprint density at radius 2 is 1.81 bits per heavy atom. The Morgan fingerprint density at radius 1 is 1.15 bits per heavy atom. The highest BCUT2D eigenvalue weighted by molar-refractivity contribution is 7.91. The number of rotatable bonds is 6. The van der Waals surface area contributed by atoms with E-state index < -0.39 is 9.84 Å². The number of halogens is 1. The van der Waals surface area contributed by atoms with E-state index in [1.807, 2.05) is 36.2 Å². The SMILES string of the molecule is C[NH+](CC(=O)N(C1CCCC1)[C@H]1CCS(=O)(=O)C1)Cc1ccc(Cl)cc1. The molecule has 1 amide bonds. The van der Waals surface area contributed by atoms with Crippen molar-refractivity contribution in [1.82, 2.24) is 4.90 Å². The molecule has 1 heterocycles. The minimum Gasteiger partial charge on any atom is -0.331 e. The first-order chi connectivity index (χ1) is 12.3. The minimum absolute atomic E-state index is 0.0884. The molecule has 1 aromatic rings. The molecule has 7 heteroatoms. The monoisotopic (exact) mass is 399 g/mol. The van der Waals surface area contributed by atoms with Crippen molar-refractivity contribution in [2.45, 2.75) is 50.7 Å². The number of amides is 1. The van der Waals surface area contributed by atoms with Gasteiger partial charge >= 0.3 is 0 Å². The molecule has 0 radical (unpaired) electrons. The molecule has 2 fully saturated rings. The lowest BCUT2D eigenvalue weighted by Gasteiger charge is -2.34. The molecule has 0 bridgehead atoms. The third-order valence-electron chi connectivity index (χ3n) is 5.48. The summed E-state index contributed by atoms with van der Waals surface area (Å²) in [6, 6.07) is 7.76. The number of carbonyl (C=O) groups excluding carboxylic acids is 1. The Kier molecular flexibility index (Phi) is 6.25. The Morgan fingerprint density at radius 3 is 2.38 bits per heavy atom. The summed E-state index contributed by atoms with van der Waals surface area (Å²) in [4.78, 5) is 16.1. The van der Waals surface area contributed by atoms with Crippen LogP contribution in [-0.2, 0) is 21.2 Å². The summed E-state index contributed by atoms with van der Waals surface area (Å²) in [6.07, 6.45) is 4.83. The normalized spacial score (nSPS) is 23.8. The van der Waals surface area contributed by atoms with Gasteiger partial charge in [-0.05, 0) is 31.4 Å². The largest absolute Gasteiger partial charge is 0.331 e. The fourth-order valence-corrected chi connectivity index (χ4v) is 6.08. The molecule has 1 N–H and O–H groups in total. The highest BCUT2D eigenvalue weighted by Crippen LogP contribution is 2.29. The summed E-state index contributed by atoms with van der Waals surface area (Å²) >= 11 is 5.93. The summed E-state index contributed by atoms with van der Waals surface area (Å²) in [6.45, 7) is 1.13. The second-order valence-corrected chi connectivity index (χ2v) is 10.4. The van der Waals surface area contributed by atoms with Crippen LogP contribution < -0.4 is 4.90 Å². The van der Waals surface area contributed by atoms with E-state index >= 15 is 0 Å². The topological polar surface area (TPSA) is 58.9 Å². The molecule has 2 atom stereocenters. The molecule has 0 spiro atoms. The summed E-state index contributed by atoms with van der Waals surface area (Å²) in [5.74, 6) is 0.429. The summed E-state index contributed by atoms with van der Waals surface area (Å²) in [5, 5.41) is 0.706. The van der Waals surface area contributed by atoms with Gasteiger partial charge < -0.3 is 9.80 Å². The summed E-state index contributed by atoms with van der Waals surface area (Å²) < 4.78 is 23.8. The van der Waals surface area contributed by atoms with Crippen molar-refractivity contribution in [2.75, 3.05) is 25.1 Å². The lowest BCUT2D eigenvalue weighted by atomic mass is 10.1. The van der Waals surface area contributed by atoms with Crippen molar-refractivity contribution in [3.63, 3.8) is 0 Å². The fourth-order valence-electron chi connectivity index (χ4n) is 4.25. The quantitative estimate of drug-likeness (QED) is 0.784. The number of nitrogens with one attached hydrogen (secondary N) is 1. The van der Waals surface area contributed by atoms with Crippen LogP contribution in [0.5, 0.6) is 0 Å². The van der Waals surface area contributed by atoms with Crippen LogP contribution in [0.3, 0.4) is 0 Å². The Hall–Kier alpha value is -1.11. The number of likely N-dealkylation sites (N-methyl/N-ethyl adjacent to an activating group) is 1. The van der Waals surface area contributed by atoms with E-state index in [0.29, 0.717) is 18.0 Å². The van der Waals surface area contributed by atoms with Crippen LogP contribution in [0.1, 0.15) is 37.7 Å². The zero-order valence-electron chi connectivity index (χ0n) is 15.3. The van der Waals surface area contributed by atoms with Crippen LogP contribution in [0.4, 0.5) is 0 Å². The van der Waals surface area contributed by atoms with Gasteiger partial charge in [-0.3, -0.25) is 4.79 Å². The maximum absolute atomic E-state index is 13.1. The molecule has 3 rings (SSSR count). The van der Waals surface area contributed by atoms with Crippen molar-refractivity contribution in [3.05, 3.63) is 34.9 Å². The Labute approximate surface area is 161 Å². The van der Waals surface area contributed by atoms with Crippen molar-refractivity contribution >= 4 is 27.3 Å². The second kappa shape index (κ2) is 8.28. The van der Waals surface area contributed by atoms with Crippen LogP contribution in [0, 0.1) is 0 Å². The maximum atomic E-state index is 13.1. The van der Waals surface area contributed by atoms with Crippen LogP contribution in [0.15, 0.2) is 24.3 Å². The first-order valence-electron chi connectivity index (χ1n) is 9.41. The molecule has 0 aromatic heterocycles. The van der Waals surface area contributed by atoms with Gasteiger partial charge in [0.25, 0.3) is 5.91 Å². The van der Waals surface area contributed by atoms with E-state index in [4.69, 9.17) is 11.6 Å².